The number of ether oxygens (including phenoxy) is 3. The number of carbonyl (C=O) groups is 2. The number of carbonyl (C=O) groups excluding carboxylic acids is 2. The Morgan fingerprint density at radius 2 is 1.71 bits per heavy atom. The predicted octanol–water partition coefficient (Wildman–Crippen LogP) is 5.06. The van der Waals surface area contributed by atoms with Gasteiger partial charge in [-0.2, -0.15) is 0 Å². The van der Waals surface area contributed by atoms with E-state index in [1.165, 1.54) is 4.57 Å². The third-order valence-electron chi connectivity index (χ3n) is 5.99. The molecule has 11 heteroatoms. The number of benzene rings is 2. The lowest BCUT2D eigenvalue weighted by Gasteiger charge is -2.23. The summed E-state index contributed by atoms with van der Waals surface area (Å²) in [6.07, 6.45) is 0.390. The van der Waals surface area contributed by atoms with Crippen molar-refractivity contribution < 1.29 is 23.8 Å². The number of hydrogen-bond donors (Lipinski definition) is 2. The van der Waals surface area contributed by atoms with Crippen LogP contribution in [0.15, 0.2) is 77.7 Å². The minimum atomic E-state index is -0.853. The number of nitrogens with zero attached hydrogens (tertiary/aromatic N) is 3. The van der Waals surface area contributed by atoms with E-state index in [1.807, 2.05) is 37.3 Å². The van der Waals surface area contributed by atoms with Crippen molar-refractivity contribution in [3.05, 3.63) is 94.7 Å². The molecule has 0 unspecified atom stereocenters. The van der Waals surface area contributed by atoms with Gasteiger partial charge in [-0.15, -0.1) is 0 Å². The molecule has 0 saturated heterocycles. The van der Waals surface area contributed by atoms with E-state index in [0.717, 1.165) is 5.56 Å². The van der Waals surface area contributed by atoms with Crippen LogP contribution in [-0.2, 0) is 16.1 Å². The second-order valence-electron chi connectivity index (χ2n) is 10.4. The van der Waals surface area contributed by atoms with Gasteiger partial charge in [-0.25, -0.2) is 19.6 Å². The summed E-state index contributed by atoms with van der Waals surface area (Å²) in [7, 11) is 0. The molecule has 2 aromatic carbocycles. The van der Waals surface area contributed by atoms with E-state index in [1.54, 1.807) is 63.4 Å². The normalized spacial score (nSPS) is 11.9. The number of aromatic nitrogens is 3. The van der Waals surface area contributed by atoms with Gasteiger partial charge in [-0.05, 0) is 76.1 Å². The quantitative estimate of drug-likeness (QED) is 0.269. The highest BCUT2D eigenvalue weighted by Crippen LogP contribution is 2.22. The van der Waals surface area contributed by atoms with E-state index in [4.69, 9.17) is 19.2 Å². The van der Waals surface area contributed by atoms with Gasteiger partial charge >= 0.3 is 12.2 Å². The summed E-state index contributed by atoms with van der Waals surface area (Å²) in [5.74, 6) is 0.866. The SMILES string of the molecule is CCOc1ccc(-n2c([C@@H](CCNC(=O)OC(C)(C)C)NC(=O)OCc3ccccc3)nc3ncccc3c2=O)cc1. The van der Waals surface area contributed by atoms with Crippen LogP contribution in [0.5, 0.6) is 5.75 Å². The molecule has 0 bridgehead atoms. The molecule has 2 amide bonds. The molecule has 0 aliphatic heterocycles. The van der Waals surface area contributed by atoms with Crippen LogP contribution in [0.3, 0.4) is 0 Å². The molecule has 0 aliphatic rings. The van der Waals surface area contributed by atoms with Crippen molar-refractivity contribution in [2.75, 3.05) is 13.2 Å². The van der Waals surface area contributed by atoms with Crippen molar-refractivity contribution in [2.45, 2.75) is 52.4 Å². The molecule has 2 heterocycles. The highest BCUT2D eigenvalue weighted by Gasteiger charge is 2.25. The van der Waals surface area contributed by atoms with E-state index >= 15 is 0 Å². The molecule has 0 fully saturated rings. The molecular formula is C31H35N5O6. The van der Waals surface area contributed by atoms with E-state index in [9.17, 15) is 14.4 Å². The summed E-state index contributed by atoms with van der Waals surface area (Å²) in [5, 5.41) is 5.85. The molecule has 2 aromatic heterocycles. The third kappa shape index (κ3) is 8.06. The zero-order valence-corrected chi connectivity index (χ0v) is 24.1. The number of alkyl carbamates (subject to hydrolysis) is 2. The van der Waals surface area contributed by atoms with Crippen LogP contribution in [0, 0.1) is 0 Å². The van der Waals surface area contributed by atoms with Crippen LogP contribution in [-0.4, -0.2) is 45.5 Å². The molecule has 0 spiro atoms. The molecule has 1 atom stereocenters. The molecular weight excluding hydrogens is 538 g/mol. The Kier molecular flexibility index (Phi) is 9.74. The average Bonchev–Trinajstić information content (AvgIpc) is 2.96. The number of fused-ring (bicyclic) bond motifs is 1. The van der Waals surface area contributed by atoms with Gasteiger partial charge < -0.3 is 24.8 Å². The van der Waals surface area contributed by atoms with Crippen molar-refractivity contribution >= 4 is 23.2 Å². The first-order valence-electron chi connectivity index (χ1n) is 13.7. The van der Waals surface area contributed by atoms with Crippen molar-refractivity contribution in [3.8, 4) is 11.4 Å². The fourth-order valence-electron chi connectivity index (χ4n) is 4.18. The summed E-state index contributed by atoms with van der Waals surface area (Å²) in [4.78, 5) is 48.1. The molecule has 4 aromatic rings. The molecule has 0 saturated carbocycles. The minimum absolute atomic E-state index is 0.0496. The van der Waals surface area contributed by atoms with Crippen LogP contribution >= 0.6 is 0 Å². The Morgan fingerprint density at radius 1 is 0.976 bits per heavy atom. The van der Waals surface area contributed by atoms with Crippen molar-refractivity contribution in [1.82, 2.24) is 25.2 Å². The van der Waals surface area contributed by atoms with Gasteiger partial charge in [-0.3, -0.25) is 9.36 Å². The van der Waals surface area contributed by atoms with Gasteiger partial charge in [0.05, 0.1) is 23.7 Å². The Labute approximate surface area is 243 Å². The van der Waals surface area contributed by atoms with Crippen molar-refractivity contribution in [1.29, 1.82) is 0 Å². The van der Waals surface area contributed by atoms with Gasteiger partial charge in [0, 0.05) is 12.7 Å². The summed E-state index contributed by atoms with van der Waals surface area (Å²) >= 11 is 0. The van der Waals surface area contributed by atoms with E-state index < -0.39 is 23.8 Å². The van der Waals surface area contributed by atoms with Crippen LogP contribution in [0.4, 0.5) is 9.59 Å². The van der Waals surface area contributed by atoms with Gasteiger partial charge in [0.15, 0.2) is 5.65 Å². The Morgan fingerprint density at radius 3 is 2.40 bits per heavy atom. The Bertz CT molecular complexity index is 1570. The van der Waals surface area contributed by atoms with Crippen molar-refractivity contribution in [3.63, 3.8) is 0 Å². The second kappa shape index (κ2) is 13.6. The number of hydrogen-bond acceptors (Lipinski definition) is 8. The lowest BCUT2D eigenvalue weighted by Crippen LogP contribution is -2.38. The minimum Gasteiger partial charge on any atom is -0.494 e. The first-order valence-corrected chi connectivity index (χ1v) is 13.7. The summed E-state index contributed by atoms with van der Waals surface area (Å²) in [6, 6.07) is 18.7. The smallest absolute Gasteiger partial charge is 0.408 e. The van der Waals surface area contributed by atoms with E-state index in [0.29, 0.717) is 23.4 Å². The zero-order chi connectivity index (χ0) is 30.1. The standard InChI is InChI=1S/C31H35N5O6/c1-5-40-23-15-13-22(14-16-23)36-27(35-26-24(28(36)37)12-9-18-32-26)25(17-19-33-29(38)42-31(2,3)4)34-30(39)41-20-21-10-7-6-8-11-21/h6-16,18,25H,5,17,19-20H2,1-4H3,(H,33,38)(H,34,39)/t25-/m1/s1. The van der Waals surface area contributed by atoms with Crippen molar-refractivity contribution in [2.24, 2.45) is 0 Å². The second-order valence-corrected chi connectivity index (χ2v) is 10.4. The summed E-state index contributed by atoms with van der Waals surface area (Å²) < 4.78 is 17.8. The number of amides is 2. The highest BCUT2D eigenvalue weighted by molar-refractivity contribution is 5.74. The van der Waals surface area contributed by atoms with Crippen LogP contribution in [0.25, 0.3) is 16.7 Å². The Balaban J connectivity index is 1.70. The zero-order valence-electron chi connectivity index (χ0n) is 24.1. The average molecular weight is 574 g/mol. The summed E-state index contributed by atoms with van der Waals surface area (Å²) in [6.45, 7) is 7.83. The largest absolute Gasteiger partial charge is 0.494 e. The maximum absolute atomic E-state index is 13.8. The van der Waals surface area contributed by atoms with Crippen LogP contribution < -0.4 is 20.9 Å². The number of rotatable bonds is 10. The van der Waals surface area contributed by atoms with E-state index in [2.05, 4.69) is 15.6 Å². The maximum atomic E-state index is 13.8. The fourth-order valence-corrected chi connectivity index (χ4v) is 4.18. The highest BCUT2D eigenvalue weighted by atomic mass is 16.6. The topological polar surface area (TPSA) is 134 Å². The van der Waals surface area contributed by atoms with Gasteiger partial charge in [-0.1, -0.05) is 30.3 Å². The molecule has 4 rings (SSSR count). The van der Waals surface area contributed by atoms with Gasteiger partial charge in [0.2, 0.25) is 0 Å². The first-order chi connectivity index (χ1) is 20.1. The summed E-state index contributed by atoms with van der Waals surface area (Å²) in [5.41, 5.74) is 0.514. The fraction of sp³-hybridized carbons (Fsp3) is 0.323. The molecule has 0 radical (unpaired) electrons. The maximum Gasteiger partial charge on any atom is 0.408 e. The Hall–Kier alpha value is -4.93. The van der Waals surface area contributed by atoms with Crippen LogP contribution in [0.1, 0.15) is 51.5 Å². The molecule has 220 valence electrons. The van der Waals surface area contributed by atoms with Gasteiger partial charge in [0.1, 0.15) is 23.8 Å². The predicted molar refractivity (Wildman–Crippen MR) is 158 cm³/mol. The monoisotopic (exact) mass is 573 g/mol. The third-order valence-corrected chi connectivity index (χ3v) is 5.99. The molecule has 42 heavy (non-hydrogen) atoms. The lowest BCUT2D eigenvalue weighted by atomic mass is 10.1. The first kappa shape index (κ1) is 30.0. The van der Waals surface area contributed by atoms with Gasteiger partial charge in [0.25, 0.3) is 5.56 Å². The molecule has 2 N–H and O–H groups in total. The number of nitrogens with one attached hydrogen (secondary N) is 2. The van der Waals surface area contributed by atoms with E-state index in [-0.39, 0.29) is 36.6 Å². The number of pyridine rings is 1. The van der Waals surface area contributed by atoms with Crippen LogP contribution in [0.2, 0.25) is 0 Å². The lowest BCUT2D eigenvalue weighted by molar-refractivity contribution is 0.0525. The molecule has 11 nitrogen and oxygen atoms in total. The molecule has 0 aliphatic carbocycles.